The summed E-state index contributed by atoms with van der Waals surface area (Å²) in [6.07, 6.45) is 0. The SMILES string of the molecule is CC1=NN(c2ccccc2)C(=O)C1Cl. The lowest BCUT2D eigenvalue weighted by atomic mass is 10.3. The number of hydrazone groups is 1. The molecular weight excluding hydrogens is 200 g/mol. The third kappa shape index (κ3) is 1.40. The molecule has 0 saturated carbocycles. The summed E-state index contributed by atoms with van der Waals surface area (Å²) in [7, 11) is 0. The zero-order valence-corrected chi connectivity index (χ0v) is 8.40. The van der Waals surface area contributed by atoms with Gasteiger partial charge in [0.1, 0.15) is 0 Å². The highest BCUT2D eigenvalue weighted by atomic mass is 35.5. The number of anilines is 1. The molecule has 1 amide bonds. The molecule has 1 heterocycles. The lowest BCUT2D eigenvalue weighted by Crippen LogP contribution is -2.27. The molecule has 0 N–H and O–H groups in total. The Balaban J connectivity index is 2.35. The van der Waals surface area contributed by atoms with Gasteiger partial charge in [-0.05, 0) is 19.1 Å². The maximum absolute atomic E-state index is 11.6. The molecule has 1 aliphatic heterocycles. The van der Waals surface area contributed by atoms with Crippen molar-refractivity contribution in [2.75, 3.05) is 5.01 Å². The fourth-order valence-corrected chi connectivity index (χ4v) is 1.43. The molecule has 4 heteroatoms. The number of halogens is 1. The van der Waals surface area contributed by atoms with Gasteiger partial charge in [0.15, 0.2) is 5.38 Å². The molecule has 0 fully saturated rings. The number of rotatable bonds is 1. The Labute approximate surface area is 87.0 Å². The van der Waals surface area contributed by atoms with Gasteiger partial charge in [-0.1, -0.05) is 18.2 Å². The van der Waals surface area contributed by atoms with Gasteiger partial charge in [-0.25, -0.2) is 0 Å². The van der Waals surface area contributed by atoms with Crippen LogP contribution in [0.2, 0.25) is 0 Å². The van der Waals surface area contributed by atoms with E-state index in [9.17, 15) is 4.79 Å². The third-order valence-corrected chi connectivity index (χ3v) is 2.55. The number of amides is 1. The van der Waals surface area contributed by atoms with Gasteiger partial charge >= 0.3 is 0 Å². The average molecular weight is 209 g/mol. The van der Waals surface area contributed by atoms with E-state index in [1.54, 1.807) is 6.92 Å². The molecule has 1 aliphatic rings. The Bertz CT molecular complexity index is 388. The average Bonchev–Trinajstić information content (AvgIpc) is 2.47. The first-order valence-electron chi connectivity index (χ1n) is 4.28. The van der Waals surface area contributed by atoms with Crippen LogP contribution in [0.4, 0.5) is 5.69 Å². The van der Waals surface area contributed by atoms with Crippen molar-refractivity contribution in [1.82, 2.24) is 0 Å². The summed E-state index contributed by atoms with van der Waals surface area (Å²) in [5.41, 5.74) is 1.39. The number of carbonyl (C=O) groups excluding carboxylic acids is 1. The van der Waals surface area contributed by atoms with Gasteiger partial charge in [0.05, 0.1) is 11.4 Å². The van der Waals surface area contributed by atoms with Crippen LogP contribution in [0.5, 0.6) is 0 Å². The second kappa shape index (κ2) is 3.42. The van der Waals surface area contributed by atoms with Crippen LogP contribution in [0.25, 0.3) is 0 Å². The number of carbonyl (C=O) groups is 1. The van der Waals surface area contributed by atoms with Crippen molar-refractivity contribution in [3.63, 3.8) is 0 Å². The van der Waals surface area contributed by atoms with E-state index in [1.807, 2.05) is 30.3 Å². The molecule has 14 heavy (non-hydrogen) atoms. The second-order valence-corrected chi connectivity index (χ2v) is 3.53. The van der Waals surface area contributed by atoms with Crippen molar-refractivity contribution >= 4 is 28.9 Å². The first-order valence-corrected chi connectivity index (χ1v) is 4.72. The molecule has 72 valence electrons. The number of para-hydroxylation sites is 1. The molecule has 2 rings (SSSR count). The zero-order valence-electron chi connectivity index (χ0n) is 7.64. The van der Waals surface area contributed by atoms with Gasteiger partial charge in [-0.15, -0.1) is 11.6 Å². The third-order valence-electron chi connectivity index (χ3n) is 2.05. The van der Waals surface area contributed by atoms with Crippen LogP contribution in [0.1, 0.15) is 6.92 Å². The second-order valence-electron chi connectivity index (χ2n) is 3.09. The maximum atomic E-state index is 11.6. The number of hydrogen-bond acceptors (Lipinski definition) is 2. The Morgan fingerprint density at radius 3 is 2.50 bits per heavy atom. The highest BCUT2D eigenvalue weighted by Crippen LogP contribution is 2.22. The Morgan fingerprint density at radius 2 is 2.00 bits per heavy atom. The minimum Gasteiger partial charge on any atom is -0.270 e. The summed E-state index contributed by atoms with van der Waals surface area (Å²) in [6, 6.07) is 9.25. The largest absolute Gasteiger partial charge is 0.271 e. The predicted molar refractivity (Wildman–Crippen MR) is 56.7 cm³/mol. The van der Waals surface area contributed by atoms with E-state index in [1.165, 1.54) is 5.01 Å². The lowest BCUT2D eigenvalue weighted by Gasteiger charge is -2.11. The summed E-state index contributed by atoms with van der Waals surface area (Å²) >= 11 is 5.84. The molecule has 0 bridgehead atoms. The summed E-state index contributed by atoms with van der Waals surface area (Å²) in [4.78, 5) is 11.6. The quantitative estimate of drug-likeness (QED) is 0.650. The fraction of sp³-hybridized carbons (Fsp3) is 0.200. The molecule has 0 spiro atoms. The molecule has 0 aliphatic carbocycles. The highest BCUT2D eigenvalue weighted by Gasteiger charge is 2.32. The van der Waals surface area contributed by atoms with Crippen molar-refractivity contribution in [1.29, 1.82) is 0 Å². The van der Waals surface area contributed by atoms with Gasteiger partial charge < -0.3 is 0 Å². The molecule has 1 unspecified atom stereocenters. The summed E-state index contributed by atoms with van der Waals surface area (Å²) < 4.78 is 0. The van der Waals surface area contributed by atoms with E-state index in [0.29, 0.717) is 5.71 Å². The Kier molecular flexibility index (Phi) is 2.25. The van der Waals surface area contributed by atoms with Gasteiger partial charge in [-0.2, -0.15) is 10.1 Å². The van der Waals surface area contributed by atoms with Gasteiger partial charge in [0.2, 0.25) is 0 Å². The monoisotopic (exact) mass is 208 g/mol. The minimum atomic E-state index is -0.616. The first-order chi connectivity index (χ1) is 6.70. The van der Waals surface area contributed by atoms with Gasteiger partial charge in [0.25, 0.3) is 5.91 Å². The van der Waals surface area contributed by atoms with E-state index in [4.69, 9.17) is 11.6 Å². The van der Waals surface area contributed by atoms with Gasteiger partial charge in [-0.3, -0.25) is 4.79 Å². The summed E-state index contributed by atoms with van der Waals surface area (Å²) in [6.45, 7) is 1.75. The number of hydrogen-bond donors (Lipinski definition) is 0. The molecule has 1 aromatic rings. The van der Waals surface area contributed by atoms with Crippen molar-refractivity contribution in [2.45, 2.75) is 12.3 Å². The van der Waals surface area contributed by atoms with Crippen LogP contribution >= 0.6 is 11.6 Å². The molecular formula is C10H9ClN2O. The van der Waals surface area contributed by atoms with Crippen LogP contribution in [0, 0.1) is 0 Å². The van der Waals surface area contributed by atoms with E-state index >= 15 is 0 Å². The van der Waals surface area contributed by atoms with Crippen LogP contribution in [0.3, 0.4) is 0 Å². The minimum absolute atomic E-state index is 0.185. The number of nitrogens with zero attached hydrogens (tertiary/aromatic N) is 2. The van der Waals surface area contributed by atoms with Crippen molar-refractivity contribution in [3.8, 4) is 0 Å². The zero-order chi connectivity index (χ0) is 10.1. The normalized spacial score (nSPS) is 21.3. The fourth-order valence-electron chi connectivity index (χ4n) is 1.30. The maximum Gasteiger partial charge on any atom is 0.271 e. The standard InChI is InChI=1S/C10H9ClN2O/c1-7-9(11)10(14)13(12-7)8-5-3-2-4-6-8/h2-6,9H,1H3. The van der Waals surface area contributed by atoms with Crippen molar-refractivity contribution in [3.05, 3.63) is 30.3 Å². The summed E-state index contributed by atoms with van der Waals surface area (Å²) in [5.74, 6) is -0.185. The van der Waals surface area contributed by atoms with E-state index in [0.717, 1.165) is 5.69 Å². The summed E-state index contributed by atoms with van der Waals surface area (Å²) in [5, 5.41) is 4.81. The van der Waals surface area contributed by atoms with Crippen LogP contribution in [-0.4, -0.2) is 17.0 Å². The Morgan fingerprint density at radius 1 is 1.36 bits per heavy atom. The molecule has 0 aromatic heterocycles. The highest BCUT2D eigenvalue weighted by molar-refractivity contribution is 6.46. The molecule has 3 nitrogen and oxygen atoms in total. The first kappa shape index (κ1) is 9.21. The van der Waals surface area contributed by atoms with E-state index < -0.39 is 5.38 Å². The molecule has 0 radical (unpaired) electrons. The van der Waals surface area contributed by atoms with Crippen LogP contribution < -0.4 is 5.01 Å². The topological polar surface area (TPSA) is 32.7 Å². The van der Waals surface area contributed by atoms with E-state index in [-0.39, 0.29) is 5.91 Å². The Hall–Kier alpha value is -1.35. The van der Waals surface area contributed by atoms with E-state index in [2.05, 4.69) is 5.10 Å². The van der Waals surface area contributed by atoms with Crippen LogP contribution in [0.15, 0.2) is 35.4 Å². The number of alkyl halides is 1. The molecule has 0 saturated heterocycles. The van der Waals surface area contributed by atoms with Crippen molar-refractivity contribution < 1.29 is 4.79 Å². The number of benzene rings is 1. The predicted octanol–water partition coefficient (Wildman–Crippen LogP) is 2.02. The van der Waals surface area contributed by atoms with Crippen LogP contribution in [-0.2, 0) is 4.79 Å². The van der Waals surface area contributed by atoms with Gasteiger partial charge in [0, 0.05) is 0 Å². The molecule has 1 atom stereocenters. The smallest absolute Gasteiger partial charge is 0.270 e. The lowest BCUT2D eigenvalue weighted by molar-refractivity contribution is -0.116. The molecule has 1 aromatic carbocycles. The van der Waals surface area contributed by atoms with Crippen molar-refractivity contribution in [2.24, 2.45) is 5.10 Å².